The van der Waals surface area contributed by atoms with E-state index < -0.39 is 12.1 Å². The highest BCUT2D eigenvalue weighted by Crippen LogP contribution is 2.34. The van der Waals surface area contributed by atoms with Crippen LogP contribution in [0.1, 0.15) is 38.8 Å². The van der Waals surface area contributed by atoms with Gasteiger partial charge in [-0.1, -0.05) is 36.4 Å². The Morgan fingerprint density at radius 2 is 1.74 bits per heavy atom. The fraction of sp³-hybridized carbons (Fsp3) is 0.286. The fourth-order valence-electron chi connectivity index (χ4n) is 3.92. The van der Waals surface area contributed by atoms with Crippen molar-refractivity contribution in [2.45, 2.75) is 19.0 Å². The number of carbonyl (C=O) groups is 3. The predicted octanol–water partition coefficient (Wildman–Crippen LogP) is 1.16. The average molecular weight is 363 g/mol. The monoisotopic (exact) mass is 363 g/mol. The van der Waals surface area contributed by atoms with Crippen molar-refractivity contribution in [1.82, 2.24) is 5.32 Å². The Kier molecular flexibility index (Phi) is 4.37. The summed E-state index contributed by atoms with van der Waals surface area (Å²) >= 11 is 0. The zero-order valence-corrected chi connectivity index (χ0v) is 15.1. The van der Waals surface area contributed by atoms with E-state index in [0.29, 0.717) is 47.6 Å². The highest BCUT2D eigenvalue weighted by molar-refractivity contribution is 6.30. The van der Waals surface area contributed by atoms with Crippen molar-refractivity contribution in [1.29, 1.82) is 0 Å². The lowest BCUT2D eigenvalue weighted by Gasteiger charge is -2.39. The molecule has 1 aliphatic carbocycles. The Morgan fingerprint density at radius 3 is 2.44 bits per heavy atom. The van der Waals surface area contributed by atoms with Crippen molar-refractivity contribution in [3.05, 3.63) is 64.7 Å². The van der Waals surface area contributed by atoms with E-state index in [1.807, 2.05) is 11.0 Å². The second-order valence-electron chi connectivity index (χ2n) is 7.01. The van der Waals surface area contributed by atoms with Crippen LogP contribution in [0, 0.1) is 0 Å². The van der Waals surface area contributed by atoms with Crippen LogP contribution >= 0.6 is 0 Å². The second-order valence-corrected chi connectivity index (χ2v) is 7.01. The van der Waals surface area contributed by atoms with Crippen LogP contribution in [0.15, 0.2) is 42.5 Å². The molecule has 27 heavy (non-hydrogen) atoms. The minimum absolute atomic E-state index is 0.0882. The van der Waals surface area contributed by atoms with Gasteiger partial charge in [0.05, 0.1) is 11.6 Å². The van der Waals surface area contributed by atoms with Crippen LogP contribution in [0.5, 0.6) is 0 Å². The molecule has 1 saturated heterocycles. The summed E-state index contributed by atoms with van der Waals surface area (Å²) in [5.74, 6) is -0.427. The highest BCUT2D eigenvalue weighted by Gasteiger charge is 2.36. The molecule has 4 rings (SSSR count). The molecule has 3 N–H and O–H groups in total. The molecule has 2 aromatic rings. The topological polar surface area (TPSA) is 92.5 Å². The van der Waals surface area contributed by atoms with E-state index in [1.54, 1.807) is 43.3 Å². The molecule has 1 aliphatic heterocycles. The number of Topliss-reactive ketones (excluding diaryl/α,β-unsaturated/α-hetero) is 1. The molecule has 1 unspecified atom stereocenters. The Balaban J connectivity index is 1.85. The Hall–Kier alpha value is -2.83. The van der Waals surface area contributed by atoms with E-state index in [1.165, 1.54) is 0 Å². The lowest BCUT2D eigenvalue weighted by molar-refractivity contribution is -0.121. The molecule has 2 atom stereocenters. The molecular formula is C21H21N3O3. The number of piperazine rings is 1. The van der Waals surface area contributed by atoms with Gasteiger partial charge >= 0.3 is 0 Å². The van der Waals surface area contributed by atoms with Crippen LogP contribution in [0.4, 0.5) is 5.69 Å². The van der Waals surface area contributed by atoms with Crippen molar-refractivity contribution in [3.63, 3.8) is 0 Å². The number of nitrogens with two attached hydrogens (primary N) is 1. The molecule has 0 bridgehead atoms. The van der Waals surface area contributed by atoms with Gasteiger partial charge in [0.15, 0.2) is 17.3 Å². The van der Waals surface area contributed by atoms with Gasteiger partial charge in [-0.15, -0.1) is 0 Å². The molecule has 2 aromatic carbocycles. The van der Waals surface area contributed by atoms with E-state index in [4.69, 9.17) is 5.73 Å². The molecule has 2 aliphatic rings. The summed E-state index contributed by atoms with van der Waals surface area (Å²) in [6.45, 7) is 3.37. The van der Waals surface area contributed by atoms with Crippen molar-refractivity contribution in [3.8, 4) is 0 Å². The first-order valence-electron chi connectivity index (χ1n) is 9.09. The maximum atomic E-state index is 13.2. The lowest BCUT2D eigenvalue weighted by Crippen LogP contribution is -2.58. The summed E-state index contributed by atoms with van der Waals surface area (Å²) < 4.78 is 0. The zero-order chi connectivity index (χ0) is 19.1. The number of rotatable bonds is 3. The zero-order valence-electron chi connectivity index (χ0n) is 15.1. The molecule has 0 amide bonds. The third-order valence-corrected chi connectivity index (χ3v) is 5.26. The molecule has 0 saturated carbocycles. The van der Waals surface area contributed by atoms with Crippen molar-refractivity contribution in [2.24, 2.45) is 5.73 Å². The third kappa shape index (κ3) is 2.78. The number of ketones is 3. The van der Waals surface area contributed by atoms with Crippen molar-refractivity contribution in [2.75, 3.05) is 24.5 Å². The third-order valence-electron chi connectivity index (χ3n) is 5.26. The van der Waals surface area contributed by atoms with E-state index >= 15 is 0 Å². The fourth-order valence-corrected chi connectivity index (χ4v) is 3.92. The molecule has 1 fully saturated rings. The Labute approximate surface area is 157 Å². The summed E-state index contributed by atoms with van der Waals surface area (Å²) in [6, 6.07) is 11.1. The largest absolute Gasteiger partial charge is 0.358 e. The maximum Gasteiger partial charge on any atom is 0.196 e. The van der Waals surface area contributed by atoms with Gasteiger partial charge in [-0.2, -0.15) is 0 Å². The van der Waals surface area contributed by atoms with Crippen LogP contribution < -0.4 is 16.0 Å². The lowest BCUT2D eigenvalue weighted by atomic mass is 9.82. The first kappa shape index (κ1) is 17.6. The van der Waals surface area contributed by atoms with Gasteiger partial charge in [0, 0.05) is 42.0 Å². The summed E-state index contributed by atoms with van der Waals surface area (Å²) in [6.07, 6.45) is 0. The molecule has 138 valence electrons. The minimum atomic E-state index is -0.602. The smallest absolute Gasteiger partial charge is 0.196 e. The first-order valence-corrected chi connectivity index (χ1v) is 9.09. The van der Waals surface area contributed by atoms with Gasteiger partial charge in [-0.05, 0) is 13.0 Å². The standard InChI is InChI=1S/C21H21N3O3/c1-12(22)19(25)17-11-23-9-10-24(17)16-8-4-7-15-18(16)21(27)14-6-3-2-5-13(14)20(15)26/h2-8,12,17,23H,9-11,22H2,1H3/t12?,17-/m1/s1. The van der Waals surface area contributed by atoms with Crippen LogP contribution in [0.2, 0.25) is 0 Å². The van der Waals surface area contributed by atoms with E-state index in [2.05, 4.69) is 5.32 Å². The van der Waals surface area contributed by atoms with Crippen molar-refractivity contribution < 1.29 is 14.4 Å². The summed E-state index contributed by atoms with van der Waals surface area (Å²) in [5.41, 5.74) is 8.07. The number of nitrogens with one attached hydrogen (secondary N) is 1. The average Bonchev–Trinajstić information content (AvgIpc) is 2.71. The number of benzene rings is 2. The minimum Gasteiger partial charge on any atom is -0.358 e. The molecule has 0 spiro atoms. The van der Waals surface area contributed by atoms with Gasteiger partial charge in [0.1, 0.15) is 6.04 Å². The molecule has 6 heteroatoms. The van der Waals surface area contributed by atoms with Gasteiger partial charge in [0.2, 0.25) is 0 Å². The molecule has 0 aromatic heterocycles. The van der Waals surface area contributed by atoms with E-state index in [9.17, 15) is 14.4 Å². The highest BCUT2D eigenvalue weighted by atomic mass is 16.1. The number of nitrogens with zero attached hydrogens (tertiary/aromatic N) is 1. The first-order chi connectivity index (χ1) is 13.0. The number of hydrogen-bond acceptors (Lipinski definition) is 6. The van der Waals surface area contributed by atoms with Gasteiger partial charge in [0.25, 0.3) is 0 Å². The van der Waals surface area contributed by atoms with Crippen LogP contribution in [0.3, 0.4) is 0 Å². The van der Waals surface area contributed by atoms with Crippen LogP contribution in [0.25, 0.3) is 0 Å². The van der Waals surface area contributed by atoms with Crippen LogP contribution in [-0.2, 0) is 4.79 Å². The molecule has 6 nitrogen and oxygen atoms in total. The van der Waals surface area contributed by atoms with Gasteiger partial charge < -0.3 is 16.0 Å². The van der Waals surface area contributed by atoms with Gasteiger partial charge in [-0.3, -0.25) is 14.4 Å². The van der Waals surface area contributed by atoms with Crippen LogP contribution in [-0.4, -0.2) is 49.1 Å². The normalized spacial score (nSPS) is 20.1. The predicted molar refractivity (Wildman–Crippen MR) is 102 cm³/mol. The number of anilines is 1. The second kappa shape index (κ2) is 6.72. The SMILES string of the molecule is CC(N)C(=O)[C@H]1CNCCN1c1cccc2c1C(=O)c1ccccc1C2=O. The maximum absolute atomic E-state index is 13.2. The number of fused-ring (bicyclic) bond motifs is 2. The summed E-state index contributed by atoms with van der Waals surface area (Å²) in [4.78, 5) is 40.7. The Bertz CT molecular complexity index is 951. The quantitative estimate of drug-likeness (QED) is 0.725. The summed E-state index contributed by atoms with van der Waals surface area (Å²) in [7, 11) is 0. The van der Waals surface area contributed by atoms with Crippen molar-refractivity contribution >= 4 is 23.0 Å². The summed E-state index contributed by atoms with van der Waals surface area (Å²) in [5, 5.41) is 3.22. The van der Waals surface area contributed by atoms with E-state index in [-0.39, 0.29) is 17.3 Å². The number of carbonyl (C=O) groups excluding carboxylic acids is 3. The van der Waals surface area contributed by atoms with Gasteiger partial charge in [-0.25, -0.2) is 0 Å². The van der Waals surface area contributed by atoms with E-state index in [0.717, 1.165) is 0 Å². The number of hydrogen-bond donors (Lipinski definition) is 2. The Morgan fingerprint density at radius 1 is 1.07 bits per heavy atom. The molecular weight excluding hydrogens is 342 g/mol. The molecule has 1 heterocycles. The molecule has 0 radical (unpaired) electrons.